The Morgan fingerprint density at radius 1 is 1.10 bits per heavy atom. The summed E-state index contributed by atoms with van der Waals surface area (Å²) in [6, 6.07) is 9.41. The van der Waals surface area contributed by atoms with Gasteiger partial charge in [0, 0.05) is 12.6 Å². The van der Waals surface area contributed by atoms with Crippen LogP contribution in [-0.2, 0) is 6.54 Å². The summed E-state index contributed by atoms with van der Waals surface area (Å²) in [5.74, 6) is 3.85. The molecule has 0 radical (unpaired) electrons. The van der Waals surface area contributed by atoms with E-state index in [2.05, 4.69) is 29.6 Å². The van der Waals surface area contributed by atoms with Crippen LogP contribution in [-0.4, -0.2) is 12.6 Å². The van der Waals surface area contributed by atoms with Crippen molar-refractivity contribution in [1.82, 2.24) is 5.32 Å². The zero-order valence-corrected chi connectivity index (χ0v) is 12.2. The second-order valence-electron chi connectivity index (χ2n) is 7.05. The number of hydrogen-bond donors (Lipinski definition) is 1. The quantitative estimate of drug-likeness (QED) is 0.850. The first-order valence-corrected chi connectivity index (χ1v) is 8.32. The van der Waals surface area contributed by atoms with E-state index in [1.807, 2.05) is 0 Å². The molecule has 0 saturated heterocycles. The molecule has 2 heteroatoms. The van der Waals surface area contributed by atoms with Crippen LogP contribution < -0.4 is 10.1 Å². The summed E-state index contributed by atoms with van der Waals surface area (Å²) < 4.78 is 6.08. The van der Waals surface area contributed by atoms with E-state index in [1.165, 1.54) is 44.1 Å². The molecule has 1 aromatic carbocycles. The van der Waals surface area contributed by atoms with Crippen LogP contribution in [0, 0.1) is 17.8 Å². The van der Waals surface area contributed by atoms with Crippen LogP contribution in [0.2, 0.25) is 0 Å². The van der Waals surface area contributed by atoms with E-state index in [-0.39, 0.29) is 0 Å². The molecule has 0 heterocycles. The second-order valence-corrected chi connectivity index (χ2v) is 7.05. The topological polar surface area (TPSA) is 21.3 Å². The Balaban J connectivity index is 1.30. The Hall–Kier alpha value is -1.02. The van der Waals surface area contributed by atoms with Crippen molar-refractivity contribution < 1.29 is 4.74 Å². The first-order chi connectivity index (χ1) is 9.87. The highest BCUT2D eigenvalue weighted by Crippen LogP contribution is 2.48. The molecule has 0 aliphatic heterocycles. The maximum atomic E-state index is 6.08. The second kappa shape index (κ2) is 5.40. The number of nitrogens with one attached hydrogen (secondary N) is 1. The first-order valence-electron chi connectivity index (χ1n) is 8.32. The van der Waals surface area contributed by atoms with Gasteiger partial charge < -0.3 is 10.1 Å². The molecule has 4 rings (SSSR count). The summed E-state index contributed by atoms with van der Waals surface area (Å²) in [6.45, 7) is 1.91. The van der Waals surface area contributed by atoms with Crippen molar-refractivity contribution in [3.8, 4) is 5.75 Å². The molecular formula is C18H25NO. The van der Waals surface area contributed by atoms with Gasteiger partial charge in [-0.1, -0.05) is 18.6 Å². The predicted octanol–water partition coefficient (Wildman–Crippen LogP) is 3.75. The third-order valence-corrected chi connectivity index (χ3v) is 5.42. The zero-order valence-electron chi connectivity index (χ0n) is 12.2. The van der Waals surface area contributed by atoms with Crippen LogP contribution in [0.15, 0.2) is 24.3 Å². The zero-order chi connectivity index (χ0) is 13.4. The highest BCUT2D eigenvalue weighted by Gasteiger charge is 2.39. The smallest absolute Gasteiger partial charge is 0.119 e. The van der Waals surface area contributed by atoms with Gasteiger partial charge in [0.15, 0.2) is 0 Å². The number of fused-ring (bicyclic) bond motifs is 2. The van der Waals surface area contributed by atoms with Gasteiger partial charge in [-0.15, -0.1) is 0 Å². The molecule has 2 nitrogen and oxygen atoms in total. The lowest BCUT2D eigenvalue weighted by Crippen LogP contribution is -2.18. The third-order valence-electron chi connectivity index (χ3n) is 5.42. The molecule has 0 aromatic heterocycles. The van der Waals surface area contributed by atoms with Gasteiger partial charge in [-0.25, -0.2) is 0 Å². The highest BCUT2D eigenvalue weighted by molar-refractivity contribution is 5.28. The minimum Gasteiger partial charge on any atom is -0.493 e. The van der Waals surface area contributed by atoms with Crippen LogP contribution in [0.3, 0.4) is 0 Å². The molecule has 20 heavy (non-hydrogen) atoms. The average Bonchev–Trinajstić information content (AvgIpc) is 3.08. The number of hydrogen-bond acceptors (Lipinski definition) is 2. The predicted molar refractivity (Wildman–Crippen MR) is 80.7 cm³/mol. The molecular weight excluding hydrogens is 246 g/mol. The Morgan fingerprint density at radius 2 is 2.05 bits per heavy atom. The van der Waals surface area contributed by atoms with Crippen molar-refractivity contribution in [1.29, 1.82) is 0 Å². The van der Waals surface area contributed by atoms with E-state index in [1.54, 1.807) is 0 Å². The van der Waals surface area contributed by atoms with Gasteiger partial charge in [0.1, 0.15) is 5.75 Å². The Bertz CT molecular complexity index is 468. The van der Waals surface area contributed by atoms with Gasteiger partial charge in [-0.3, -0.25) is 0 Å². The van der Waals surface area contributed by atoms with Crippen molar-refractivity contribution in [2.75, 3.05) is 6.61 Å². The number of benzene rings is 1. The van der Waals surface area contributed by atoms with E-state index < -0.39 is 0 Å². The van der Waals surface area contributed by atoms with E-state index in [0.717, 1.165) is 42.7 Å². The molecule has 3 unspecified atom stereocenters. The lowest BCUT2D eigenvalue weighted by molar-refractivity contribution is 0.195. The standard InChI is InChI=1S/C18H25NO/c1-2-14(11-19-17-6-7-17)10-18(3-1)20-12-16-9-13-4-5-15(16)8-13/h1-3,10,13,15-17,19H,4-9,11-12H2. The maximum Gasteiger partial charge on any atom is 0.119 e. The molecule has 1 aromatic rings. The van der Waals surface area contributed by atoms with Gasteiger partial charge in [-0.2, -0.15) is 0 Å². The third kappa shape index (κ3) is 2.85. The molecule has 108 valence electrons. The van der Waals surface area contributed by atoms with E-state index >= 15 is 0 Å². The molecule has 3 aliphatic rings. The molecule has 1 N–H and O–H groups in total. The summed E-state index contributed by atoms with van der Waals surface area (Å²) in [6.07, 6.45) is 8.50. The molecule has 3 atom stereocenters. The minimum atomic E-state index is 0.772. The summed E-state index contributed by atoms with van der Waals surface area (Å²) >= 11 is 0. The van der Waals surface area contributed by atoms with Crippen molar-refractivity contribution in [2.24, 2.45) is 17.8 Å². The molecule has 3 aliphatic carbocycles. The van der Waals surface area contributed by atoms with Gasteiger partial charge in [-0.05, 0) is 67.6 Å². The molecule has 3 fully saturated rings. The monoisotopic (exact) mass is 271 g/mol. The number of rotatable bonds is 6. The minimum absolute atomic E-state index is 0.772. The summed E-state index contributed by atoms with van der Waals surface area (Å²) in [5, 5.41) is 3.56. The van der Waals surface area contributed by atoms with Crippen LogP contribution in [0.5, 0.6) is 5.75 Å². The van der Waals surface area contributed by atoms with Crippen LogP contribution in [0.4, 0.5) is 0 Å². The lowest BCUT2D eigenvalue weighted by Gasteiger charge is -2.21. The highest BCUT2D eigenvalue weighted by atomic mass is 16.5. The Morgan fingerprint density at radius 3 is 2.80 bits per heavy atom. The molecule has 0 spiro atoms. The van der Waals surface area contributed by atoms with Crippen molar-refractivity contribution in [3.63, 3.8) is 0 Å². The van der Waals surface area contributed by atoms with Crippen LogP contribution in [0.1, 0.15) is 44.1 Å². The van der Waals surface area contributed by atoms with Crippen molar-refractivity contribution >= 4 is 0 Å². The molecule has 3 saturated carbocycles. The Kier molecular flexibility index (Phi) is 3.43. The molecule has 0 amide bonds. The van der Waals surface area contributed by atoms with Crippen LogP contribution in [0.25, 0.3) is 0 Å². The fourth-order valence-corrected chi connectivity index (χ4v) is 4.08. The summed E-state index contributed by atoms with van der Waals surface area (Å²) in [5.41, 5.74) is 1.35. The van der Waals surface area contributed by atoms with Gasteiger partial charge in [0.05, 0.1) is 6.61 Å². The fraction of sp³-hybridized carbons (Fsp3) is 0.667. The summed E-state index contributed by atoms with van der Waals surface area (Å²) in [4.78, 5) is 0. The van der Waals surface area contributed by atoms with E-state index in [9.17, 15) is 0 Å². The summed E-state index contributed by atoms with van der Waals surface area (Å²) in [7, 11) is 0. The Labute approximate surface area is 121 Å². The lowest BCUT2D eigenvalue weighted by atomic mass is 9.89. The van der Waals surface area contributed by atoms with E-state index in [0.29, 0.717) is 0 Å². The van der Waals surface area contributed by atoms with Crippen LogP contribution >= 0.6 is 0 Å². The van der Waals surface area contributed by atoms with Gasteiger partial charge in [0.2, 0.25) is 0 Å². The largest absolute Gasteiger partial charge is 0.493 e. The normalized spacial score (nSPS) is 31.7. The molecule has 2 bridgehead atoms. The average molecular weight is 271 g/mol. The van der Waals surface area contributed by atoms with Gasteiger partial charge >= 0.3 is 0 Å². The first kappa shape index (κ1) is 12.7. The van der Waals surface area contributed by atoms with E-state index in [4.69, 9.17) is 4.74 Å². The maximum absolute atomic E-state index is 6.08. The SMILES string of the molecule is c1cc(CNC2CC2)cc(OCC2CC3CCC2C3)c1. The number of ether oxygens (including phenoxy) is 1. The van der Waals surface area contributed by atoms with Crippen molar-refractivity contribution in [2.45, 2.75) is 51.1 Å². The van der Waals surface area contributed by atoms with Crippen molar-refractivity contribution in [3.05, 3.63) is 29.8 Å². The van der Waals surface area contributed by atoms with Gasteiger partial charge in [0.25, 0.3) is 0 Å². The fourth-order valence-electron chi connectivity index (χ4n) is 4.08.